The van der Waals surface area contributed by atoms with Gasteiger partial charge in [-0.05, 0) is 29.3 Å². The smallest absolute Gasteiger partial charge is 0.0895 e. The summed E-state index contributed by atoms with van der Waals surface area (Å²) in [6.45, 7) is 2.23. The van der Waals surface area contributed by atoms with E-state index in [1.165, 1.54) is 16.3 Å². The van der Waals surface area contributed by atoms with Crippen LogP contribution in [0.5, 0.6) is 0 Å². The normalized spacial score (nSPS) is 14.6. The molecule has 0 heterocycles. The van der Waals surface area contributed by atoms with Crippen LogP contribution in [-0.4, -0.2) is 29.5 Å². The maximum Gasteiger partial charge on any atom is 0.0895 e. The first-order chi connectivity index (χ1) is 8.70. The summed E-state index contributed by atoms with van der Waals surface area (Å²) in [6, 6.07) is 14.7. The lowest BCUT2D eigenvalue weighted by atomic mass is 10.0. The van der Waals surface area contributed by atoms with Crippen molar-refractivity contribution in [2.45, 2.75) is 19.1 Å². The van der Waals surface area contributed by atoms with Gasteiger partial charge in [0.1, 0.15) is 0 Å². The highest BCUT2D eigenvalue weighted by molar-refractivity contribution is 5.83. The molecule has 0 aliphatic heterocycles. The molecule has 3 N–H and O–H groups in total. The van der Waals surface area contributed by atoms with Gasteiger partial charge in [-0.2, -0.15) is 0 Å². The molecule has 0 saturated carbocycles. The topological polar surface area (TPSA) is 52.5 Å². The van der Waals surface area contributed by atoms with Crippen molar-refractivity contribution >= 4 is 10.8 Å². The summed E-state index contributed by atoms with van der Waals surface area (Å²) >= 11 is 0. The zero-order valence-electron chi connectivity index (χ0n) is 10.5. The van der Waals surface area contributed by atoms with Crippen LogP contribution in [0.15, 0.2) is 42.5 Å². The molecule has 0 amide bonds. The Kier molecular flexibility index (Phi) is 4.31. The van der Waals surface area contributed by atoms with Crippen LogP contribution in [-0.2, 0) is 0 Å². The number of aliphatic hydroxyl groups is 2. The summed E-state index contributed by atoms with van der Waals surface area (Å²) in [5.41, 5.74) is 1.18. The first kappa shape index (κ1) is 13.0. The maximum absolute atomic E-state index is 9.31. The Labute approximate surface area is 107 Å². The number of benzene rings is 2. The lowest BCUT2D eigenvalue weighted by Gasteiger charge is -2.16. The van der Waals surface area contributed by atoms with Gasteiger partial charge in [-0.25, -0.2) is 0 Å². The minimum Gasteiger partial charge on any atom is -0.394 e. The van der Waals surface area contributed by atoms with Crippen molar-refractivity contribution in [2.75, 3.05) is 13.2 Å². The number of fused-ring (bicyclic) bond motifs is 1. The lowest BCUT2D eigenvalue weighted by molar-refractivity contribution is 0.0924. The second-order valence-corrected chi connectivity index (χ2v) is 4.57. The molecule has 0 fully saturated rings. The molecule has 2 aromatic carbocycles. The van der Waals surface area contributed by atoms with Crippen LogP contribution in [0.4, 0.5) is 0 Å². The standard InChI is InChI=1S/C15H19NO2/c1-11(16-9-15(18)10-17)13-7-6-12-4-2-3-5-14(12)8-13/h2-8,11,15-18H,9-10H2,1H3/t11-,15+/m1/s1. The highest BCUT2D eigenvalue weighted by atomic mass is 16.3. The van der Waals surface area contributed by atoms with Gasteiger partial charge < -0.3 is 15.5 Å². The molecule has 3 heteroatoms. The molecule has 0 radical (unpaired) electrons. The molecular formula is C15H19NO2. The first-order valence-corrected chi connectivity index (χ1v) is 6.21. The van der Waals surface area contributed by atoms with E-state index in [2.05, 4.69) is 35.6 Å². The van der Waals surface area contributed by atoms with E-state index < -0.39 is 6.10 Å². The van der Waals surface area contributed by atoms with E-state index in [0.717, 1.165) is 0 Å². The van der Waals surface area contributed by atoms with Crippen molar-refractivity contribution in [2.24, 2.45) is 0 Å². The summed E-state index contributed by atoms with van der Waals surface area (Å²) in [4.78, 5) is 0. The number of nitrogens with one attached hydrogen (secondary N) is 1. The molecule has 3 nitrogen and oxygen atoms in total. The molecule has 0 spiro atoms. The first-order valence-electron chi connectivity index (χ1n) is 6.21. The predicted molar refractivity (Wildman–Crippen MR) is 73.5 cm³/mol. The zero-order valence-corrected chi connectivity index (χ0v) is 10.5. The number of hydrogen-bond acceptors (Lipinski definition) is 3. The molecule has 0 saturated heterocycles. The average Bonchev–Trinajstić information content (AvgIpc) is 2.43. The van der Waals surface area contributed by atoms with Crippen LogP contribution in [0.3, 0.4) is 0 Å². The van der Waals surface area contributed by atoms with Crippen LogP contribution in [0.1, 0.15) is 18.5 Å². The number of aliphatic hydroxyl groups excluding tert-OH is 2. The predicted octanol–water partition coefficient (Wildman–Crippen LogP) is 1.84. The van der Waals surface area contributed by atoms with Gasteiger partial charge in [-0.15, -0.1) is 0 Å². The zero-order chi connectivity index (χ0) is 13.0. The Hall–Kier alpha value is -1.42. The van der Waals surface area contributed by atoms with Crippen LogP contribution in [0.2, 0.25) is 0 Å². The summed E-state index contributed by atoms with van der Waals surface area (Å²) in [6.07, 6.45) is -0.701. The molecule has 0 unspecified atom stereocenters. The Morgan fingerprint density at radius 2 is 1.83 bits per heavy atom. The highest BCUT2D eigenvalue weighted by Crippen LogP contribution is 2.20. The molecule has 0 aromatic heterocycles. The third kappa shape index (κ3) is 3.07. The van der Waals surface area contributed by atoms with Gasteiger partial charge in [-0.3, -0.25) is 0 Å². The molecule has 2 atom stereocenters. The van der Waals surface area contributed by atoms with Crippen LogP contribution < -0.4 is 5.32 Å². The van der Waals surface area contributed by atoms with E-state index in [-0.39, 0.29) is 12.6 Å². The van der Waals surface area contributed by atoms with Gasteiger partial charge in [0.25, 0.3) is 0 Å². The molecule has 18 heavy (non-hydrogen) atoms. The highest BCUT2D eigenvalue weighted by Gasteiger charge is 2.08. The average molecular weight is 245 g/mol. The molecule has 2 rings (SSSR count). The summed E-state index contributed by atoms with van der Waals surface area (Å²) in [5.74, 6) is 0. The molecule has 2 aromatic rings. The van der Waals surface area contributed by atoms with E-state index in [9.17, 15) is 5.11 Å². The third-order valence-electron chi connectivity index (χ3n) is 3.14. The summed E-state index contributed by atoms with van der Waals surface area (Å²) in [7, 11) is 0. The molecular weight excluding hydrogens is 226 g/mol. The summed E-state index contributed by atoms with van der Waals surface area (Å²) < 4.78 is 0. The number of hydrogen-bond donors (Lipinski definition) is 3. The van der Waals surface area contributed by atoms with Crippen molar-refractivity contribution < 1.29 is 10.2 Å². The van der Waals surface area contributed by atoms with E-state index in [1.54, 1.807) is 0 Å². The van der Waals surface area contributed by atoms with Crippen molar-refractivity contribution in [3.05, 3.63) is 48.0 Å². The number of rotatable bonds is 5. The largest absolute Gasteiger partial charge is 0.394 e. The minimum atomic E-state index is -0.701. The van der Waals surface area contributed by atoms with Gasteiger partial charge in [0.15, 0.2) is 0 Å². The van der Waals surface area contributed by atoms with Gasteiger partial charge >= 0.3 is 0 Å². The summed E-state index contributed by atoms with van der Waals surface area (Å²) in [5, 5.41) is 23.7. The lowest BCUT2D eigenvalue weighted by Crippen LogP contribution is -2.31. The third-order valence-corrected chi connectivity index (χ3v) is 3.14. The molecule has 0 aliphatic carbocycles. The fourth-order valence-corrected chi connectivity index (χ4v) is 1.97. The van der Waals surface area contributed by atoms with E-state index >= 15 is 0 Å². The fraction of sp³-hybridized carbons (Fsp3) is 0.333. The van der Waals surface area contributed by atoms with E-state index in [1.807, 2.05) is 19.1 Å². The van der Waals surface area contributed by atoms with E-state index in [0.29, 0.717) is 6.54 Å². The van der Waals surface area contributed by atoms with Gasteiger partial charge in [0.2, 0.25) is 0 Å². The van der Waals surface area contributed by atoms with Crippen molar-refractivity contribution in [1.29, 1.82) is 0 Å². The monoisotopic (exact) mass is 245 g/mol. The SMILES string of the molecule is C[C@@H](NC[C@H](O)CO)c1ccc2ccccc2c1. The molecule has 0 bridgehead atoms. The van der Waals surface area contributed by atoms with E-state index in [4.69, 9.17) is 5.11 Å². The van der Waals surface area contributed by atoms with Gasteiger partial charge in [-0.1, -0.05) is 36.4 Å². The van der Waals surface area contributed by atoms with Crippen LogP contribution in [0, 0.1) is 0 Å². The Morgan fingerprint density at radius 3 is 2.56 bits per heavy atom. The second-order valence-electron chi connectivity index (χ2n) is 4.57. The van der Waals surface area contributed by atoms with Crippen LogP contribution >= 0.6 is 0 Å². The quantitative estimate of drug-likeness (QED) is 0.753. The van der Waals surface area contributed by atoms with Crippen LogP contribution in [0.25, 0.3) is 10.8 Å². The van der Waals surface area contributed by atoms with Crippen molar-refractivity contribution in [1.82, 2.24) is 5.32 Å². The second kappa shape index (κ2) is 5.96. The van der Waals surface area contributed by atoms with Gasteiger partial charge in [0.05, 0.1) is 12.7 Å². The van der Waals surface area contributed by atoms with Crippen molar-refractivity contribution in [3.63, 3.8) is 0 Å². The van der Waals surface area contributed by atoms with Gasteiger partial charge in [0, 0.05) is 12.6 Å². The maximum atomic E-state index is 9.31. The molecule has 96 valence electrons. The van der Waals surface area contributed by atoms with Crippen molar-refractivity contribution in [3.8, 4) is 0 Å². The molecule has 0 aliphatic rings. The Balaban J connectivity index is 2.10. The Morgan fingerprint density at radius 1 is 1.11 bits per heavy atom. The fourth-order valence-electron chi connectivity index (χ4n) is 1.97. The minimum absolute atomic E-state index is 0.149. The Bertz CT molecular complexity index is 513.